The molecule has 0 saturated carbocycles. The van der Waals surface area contributed by atoms with Gasteiger partial charge in [0.1, 0.15) is 17.8 Å². The van der Waals surface area contributed by atoms with Crippen molar-refractivity contribution in [3.63, 3.8) is 0 Å². The molecule has 2 aliphatic heterocycles. The van der Waals surface area contributed by atoms with Gasteiger partial charge in [0.25, 0.3) is 0 Å². The lowest BCUT2D eigenvalue weighted by molar-refractivity contribution is -0.160. The summed E-state index contributed by atoms with van der Waals surface area (Å²) in [7, 11) is 0. The van der Waals surface area contributed by atoms with Crippen LogP contribution in [0.1, 0.15) is 18.4 Å². The van der Waals surface area contributed by atoms with Gasteiger partial charge in [-0.15, -0.1) is 0 Å². The average Bonchev–Trinajstić information content (AvgIpc) is 2.47. The molecule has 4 heteroatoms. The summed E-state index contributed by atoms with van der Waals surface area (Å²) >= 11 is 0. The normalized spacial score (nSPS) is 30.2. The number of para-hydroxylation sites is 1. The smallest absolute Gasteiger partial charge is 0.313 e. The molecule has 0 bridgehead atoms. The molecule has 0 radical (unpaired) electrons. The Labute approximate surface area is 112 Å². The van der Waals surface area contributed by atoms with Crippen molar-refractivity contribution < 1.29 is 19.4 Å². The molecule has 0 aliphatic carbocycles. The second kappa shape index (κ2) is 4.85. The van der Waals surface area contributed by atoms with Crippen LogP contribution in [-0.4, -0.2) is 30.9 Å². The van der Waals surface area contributed by atoms with Crippen LogP contribution in [0.2, 0.25) is 0 Å². The molecule has 1 aromatic rings. The molecule has 0 spiro atoms. The Hall–Kier alpha value is -1.55. The highest BCUT2D eigenvalue weighted by Gasteiger charge is 2.49. The first-order chi connectivity index (χ1) is 9.22. The predicted molar refractivity (Wildman–Crippen MR) is 69.3 cm³/mol. The minimum Gasteiger partial charge on any atom is -0.492 e. The summed E-state index contributed by atoms with van der Waals surface area (Å²) in [5.41, 5.74) is 0.149. The number of aliphatic carboxylic acids is 1. The fourth-order valence-electron chi connectivity index (χ4n) is 3.14. The lowest BCUT2D eigenvalue weighted by atomic mass is 9.68. The van der Waals surface area contributed by atoms with Gasteiger partial charge in [0.05, 0.1) is 6.61 Å². The first-order valence-corrected chi connectivity index (χ1v) is 6.74. The number of fused-ring (bicyclic) bond motifs is 1. The number of benzene rings is 1. The first-order valence-electron chi connectivity index (χ1n) is 6.74. The van der Waals surface area contributed by atoms with Gasteiger partial charge < -0.3 is 14.6 Å². The van der Waals surface area contributed by atoms with Gasteiger partial charge in [-0.25, -0.2) is 0 Å². The van der Waals surface area contributed by atoms with E-state index in [9.17, 15) is 9.90 Å². The first kappa shape index (κ1) is 12.5. The fraction of sp³-hybridized carbons (Fsp3) is 0.533. The van der Waals surface area contributed by atoms with Crippen molar-refractivity contribution in [3.05, 3.63) is 29.8 Å². The van der Waals surface area contributed by atoms with Crippen LogP contribution in [0.25, 0.3) is 0 Å². The van der Waals surface area contributed by atoms with Crippen molar-refractivity contribution in [3.8, 4) is 5.75 Å². The topological polar surface area (TPSA) is 55.8 Å². The van der Waals surface area contributed by atoms with E-state index in [0.29, 0.717) is 13.0 Å². The lowest BCUT2D eigenvalue weighted by Gasteiger charge is -2.41. The predicted octanol–water partition coefficient (Wildman–Crippen LogP) is 2.12. The highest BCUT2D eigenvalue weighted by molar-refractivity contribution is 5.76. The molecule has 102 valence electrons. The molecule has 1 fully saturated rings. The van der Waals surface area contributed by atoms with Crippen molar-refractivity contribution in [1.29, 1.82) is 0 Å². The molecule has 1 saturated heterocycles. The number of carbonyl (C=O) groups is 1. The van der Waals surface area contributed by atoms with Crippen LogP contribution >= 0.6 is 0 Å². The van der Waals surface area contributed by atoms with Gasteiger partial charge in [-0.1, -0.05) is 18.2 Å². The van der Waals surface area contributed by atoms with E-state index >= 15 is 0 Å². The van der Waals surface area contributed by atoms with Crippen LogP contribution in [0.5, 0.6) is 5.75 Å². The molecule has 19 heavy (non-hydrogen) atoms. The van der Waals surface area contributed by atoms with Crippen LogP contribution in [-0.2, 0) is 16.0 Å². The number of hydrogen-bond donors (Lipinski definition) is 1. The van der Waals surface area contributed by atoms with Crippen LogP contribution in [0.15, 0.2) is 24.3 Å². The molecule has 2 heterocycles. The average molecular weight is 262 g/mol. The van der Waals surface area contributed by atoms with Gasteiger partial charge in [-0.2, -0.15) is 0 Å². The van der Waals surface area contributed by atoms with Crippen molar-refractivity contribution in [2.75, 3.05) is 19.8 Å². The number of ether oxygens (including phenoxy) is 2. The largest absolute Gasteiger partial charge is 0.492 e. The fourth-order valence-corrected chi connectivity index (χ4v) is 3.14. The van der Waals surface area contributed by atoms with Gasteiger partial charge in [0.2, 0.25) is 0 Å². The van der Waals surface area contributed by atoms with Crippen LogP contribution < -0.4 is 4.74 Å². The zero-order chi connectivity index (χ0) is 13.3. The molecule has 2 unspecified atom stereocenters. The molecular formula is C15H18O4. The minimum atomic E-state index is -0.839. The maximum Gasteiger partial charge on any atom is 0.313 e. The summed E-state index contributed by atoms with van der Waals surface area (Å²) in [5, 5.41) is 9.73. The monoisotopic (exact) mass is 262 g/mol. The third kappa shape index (κ3) is 2.10. The van der Waals surface area contributed by atoms with E-state index < -0.39 is 11.4 Å². The van der Waals surface area contributed by atoms with Crippen molar-refractivity contribution >= 4 is 5.97 Å². The van der Waals surface area contributed by atoms with E-state index in [1.54, 1.807) is 0 Å². The molecule has 0 amide bonds. The minimum absolute atomic E-state index is 0.0344. The van der Waals surface area contributed by atoms with E-state index in [1.165, 1.54) is 0 Å². The molecule has 2 atom stereocenters. The summed E-state index contributed by atoms with van der Waals surface area (Å²) in [6, 6.07) is 7.70. The summed E-state index contributed by atoms with van der Waals surface area (Å²) in [6.07, 6.45) is 2.37. The van der Waals surface area contributed by atoms with Gasteiger partial charge >= 0.3 is 5.97 Å². The van der Waals surface area contributed by atoms with E-state index in [-0.39, 0.29) is 12.5 Å². The highest BCUT2D eigenvalue weighted by Crippen LogP contribution is 2.42. The van der Waals surface area contributed by atoms with Gasteiger partial charge in [0.15, 0.2) is 0 Å². The SMILES string of the molecule is O=C(O)C1(C2CCCOC2)COc2ccccc2C1. The molecule has 3 rings (SSSR count). The third-order valence-electron chi connectivity index (χ3n) is 4.33. The van der Waals surface area contributed by atoms with Crippen LogP contribution in [0, 0.1) is 11.3 Å². The Morgan fingerprint density at radius 2 is 2.21 bits per heavy atom. The number of rotatable bonds is 2. The molecular weight excluding hydrogens is 244 g/mol. The van der Waals surface area contributed by atoms with Crippen LogP contribution in [0.4, 0.5) is 0 Å². The molecule has 1 aromatic carbocycles. The molecule has 2 aliphatic rings. The maximum absolute atomic E-state index is 11.8. The Morgan fingerprint density at radius 1 is 1.37 bits per heavy atom. The number of carboxylic acids is 1. The Bertz CT molecular complexity index is 479. The van der Waals surface area contributed by atoms with E-state index in [0.717, 1.165) is 30.8 Å². The summed E-state index contributed by atoms with van der Waals surface area (Å²) in [5.74, 6) is 0.0840. The van der Waals surface area contributed by atoms with Crippen molar-refractivity contribution in [1.82, 2.24) is 0 Å². The number of hydrogen-bond acceptors (Lipinski definition) is 3. The van der Waals surface area contributed by atoms with Gasteiger partial charge in [-0.05, 0) is 30.9 Å². The summed E-state index contributed by atoms with van der Waals surface area (Å²) < 4.78 is 11.2. The second-order valence-corrected chi connectivity index (χ2v) is 5.45. The van der Waals surface area contributed by atoms with E-state index in [2.05, 4.69) is 0 Å². The zero-order valence-electron chi connectivity index (χ0n) is 10.8. The Kier molecular flexibility index (Phi) is 3.19. The van der Waals surface area contributed by atoms with Gasteiger partial charge in [-0.3, -0.25) is 4.79 Å². The summed E-state index contributed by atoms with van der Waals surface area (Å²) in [6.45, 7) is 1.51. The highest BCUT2D eigenvalue weighted by atomic mass is 16.5. The van der Waals surface area contributed by atoms with Gasteiger partial charge in [0, 0.05) is 12.5 Å². The zero-order valence-corrected chi connectivity index (χ0v) is 10.8. The number of carboxylic acid groups (broad SMARTS) is 1. The third-order valence-corrected chi connectivity index (χ3v) is 4.33. The summed E-state index contributed by atoms with van der Waals surface area (Å²) in [4.78, 5) is 11.8. The van der Waals surface area contributed by atoms with Crippen molar-refractivity contribution in [2.45, 2.75) is 19.3 Å². The maximum atomic E-state index is 11.8. The van der Waals surface area contributed by atoms with E-state index in [1.807, 2.05) is 24.3 Å². The molecule has 1 N–H and O–H groups in total. The van der Waals surface area contributed by atoms with E-state index in [4.69, 9.17) is 9.47 Å². The standard InChI is InChI=1S/C15H18O4/c16-14(17)15(12-5-3-7-18-9-12)8-11-4-1-2-6-13(11)19-10-15/h1-2,4,6,12H,3,5,7-10H2,(H,16,17). The van der Waals surface area contributed by atoms with Crippen LogP contribution in [0.3, 0.4) is 0 Å². The van der Waals surface area contributed by atoms with Crippen molar-refractivity contribution in [2.24, 2.45) is 11.3 Å². The molecule has 0 aromatic heterocycles. The Morgan fingerprint density at radius 3 is 2.95 bits per heavy atom. The Balaban J connectivity index is 1.93. The lowest BCUT2D eigenvalue weighted by Crippen LogP contribution is -2.50. The quantitative estimate of drug-likeness (QED) is 0.887. The molecule has 4 nitrogen and oxygen atoms in total. The second-order valence-electron chi connectivity index (χ2n) is 5.45.